The van der Waals surface area contributed by atoms with Crippen molar-refractivity contribution in [2.75, 3.05) is 18.1 Å². The fourth-order valence-electron chi connectivity index (χ4n) is 4.57. The second kappa shape index (κ2) is 8.68. The van der Waals surface area contributed by atoms with Crippen LogP contribution in [0.3, 0.4) is 0 Å². The zero-order valence-electron chi connectivity index (χ0n) is 19.4. The van der Waals surface area contributed by atoms with Gasteiger partial charge in [0.05, 0.1) is 13.2 Å². The summed E-state index contributed by atoms with van der Waals surface area (Å²) in [6, 6.07) is 15.0. The maximum atomic E-state index is 13.6. The Morgan fingerprint density at radius 2 is 1.88 bits per heavy atom. The van der Waals surface area contributed by atoms with E-state index in [-0.39, 0.29) is 18.0 Å². The van der Waals surface area contributed by atoms with Gasteiger partial charge in [0.25, 0.3) is 5.56 Å². The van der Waals surface area contributed by atoms with Crippen LogP contribution in [0.5, 0.6) is 5.75 Å². The lowest BCUT2D eigenvalue weighted by atomic mass is 10.1. The van der Waals surface area contributed by atoms with E-state index in [0.29, 0.717) is 35.3 Å². The van der Waals surface area contributed by atoms with Crippen LogP contribution in [0.4, 0.5) is 11.6 Å². The summed E-state index contributed by atoms with van der Waals surface area (Å²) in [7, 11) is 1.65. The number of halogens is 1. The first-order chi connectivity index (χ1) is 16.4. The van der Waals surface area contributed by atoms with Gasteiger partial charge in [-0.25, -0.2) is 4.79 Å². The van der Waals surface area contributed by atoms with E-state index in [2.05, 4.69) is 11.8 Å². The molecule has 2 aromatic heterocycles. The third kappa shape index (κ3) is 3.77. The molecule has 9 heteroatoms. The molecule has 0 radical (unpaired) electrons. The first kappa shape index (κ1) is 22.3. The standard InChI is InChI=1S/C25H26ClN5O3/c1-4-34-20-10-8-19(9-11-20)29-13-16(2)14-30-21-22(27-24(29)30)28(3)25(33)31(23(21)32)15-17-6-5-7-18(26)12-17/h5-12,16H,4,13-15H2,1-3H3/t16-/m0/s1. The Hall–Kier alpha value is -3.52. The number of hydrogen-bond acceptors (Lipinski definition) is 5. The molecule has 0 fully saturated rings. The zero-order chi connectivity index (χ0) is 24.0. The van der Waals surface area contributed by atoms with Crippen molar-refractivity contribution in [1.82, 2.24) is 18.7 Å². The van der Waals surface area contributed by atoms with Gasteiger partial charge in [-0.1, -0.05) is 30.7 Å². The number of imidazole rings is 1. The van der Waals surface area contributed by atoms with E-state index in [9.17, 15) is 9.59 Å². The molecule has 0 spiro atoms. The zero-order valence-corrected chi connectivity index (χ0v) is 20.1. The summed E-state index contributed by atoms with van der Waals surface area (Å²) in [5.74, 6) is 1.73. The summed E-state index contributed by atoms with van der Waals surface area (Å²) < 4.78 is 10.2. The van der Waals surface area contributed by atoms with Crippen LogP contribution in [-0.2, 0) is 20.1 Å². The van der Waals surface area contributed by atoms with Gasteiger partial charge in [-0.3, -0.25) is 13.9 Å². The summed E-state index contributed by atoms with van der Waals surface area (Å²) >= 11 is 6.11. The van der Waals surface area contributed by atoms with Crippen molar-refractivity contribution in [3.63, 3.8) is 0 Å². The average molecular weight is 480 g/mol. The van der Waals surface area contributed by atoms with E-state index in [4.69, 9.17) is 21.3 Å². The summed E-state index contributed by atoms with van der Waals surface area (Å²) in [6.07, 6.45) is 0. The highest BCUT2D eigenvalue weighted by atomic mass is 35.5. The summed E-state index contributed by atoms with van der Waals surface area (Å²) in [5, 5.41) is 0.560. The van der Waals surface area contributed by atoms with E-state index in [1.165, 1.54) is 9.13 Å². The second-order valence-corrected chi connectivity index (χ2v) is 9.14. The van der Waals surface area contributed by atoms with Crippen molar-refractivity contribution >= 4 is 34.4 Å². The van der Waals surface area contributed by atoms with E-state index in [1.807, 2.05) is 47.9 Å². The number of fused-ring (bicyclic) bond motifs is 3. The molecule has 8 nitrogen and oxygen atoms in total. The third-order valence-corrected chi connectivity index (χ3v) is 6.37. The minimum atomic E-state index is -0.409. The molecule has 1 atom stereocenters. The van der Waals surface area contributed by atoms with E-state index in [0.717, 1.165) is 23.5 Å². The smallest absolute Gasteiger partial charge is 0.332 e. The van der Waals surface area contributed by atoms with Crippen LogP contribution in [0.15, 0.2) is 58.1 Å². The predicted molar refractivity (Wildman–Crippen MR) is 134 cm³/mol. The van der Waals surface area contributed by atoms with Crippen molar-refractivity contribution in [2.45, 2.75) is 26.9 Å². The summed E-state index contributed by atoms with van der Waals surface area (Å²) in [4.78, 5) is 33.6. The number of rotatable bonds is 5. The van der Waals surface area contributed by atoms with Gasteiger partial charge < -0.3 is 14.2 Å². The number of hydrogen-bond donors (Lipinski definition) is 0. The van der Waals surface area contributed by atoms with Crippen molar-refractivity contribution in [3.05, 3.63) is 80.0 Å². The van der Waals surface area contributed by atoms with Crippen LogP contribution in [0, 0.1) is 5.92 Å². The molecule has 0 amide bonds. The predicted octanol–water partition coefficient (Wildman–Crippen LogP) is 3.78. The van der Waals surface area contributed by atoms with Gasteiger partial charge >= 0.3 is 5.69 Å². The van der Waals surface area contributed by atoms with Gasteiger partial charge in [-0.15, -0.1) is 0 Å². The first-order valence-corrected chi connectivity index (χ1v) is 11.7. The van der Waals surface area contributed by atoms with Crippen LogP contribution < -0.4 is 20.9 Å². The van der Waals surface area contributed by atoms with Gasteiger partial charge in [-0.2, -0.15) is 4.98 Å². The lowest BCUT2D eigenvalue weighted by Gasteiger charge is -2.33. The van der Waals surface area contributed by atoms with Crippen LogP contribution in [-0.4, -0.2) is 31.8 Å². The normalized spacial score (nSPS) is 15.5. The molecular formula is C25H26ClN5O3. The number of nitrogens with zero attached hydrogens (tertiary/aromatic N) is 5. The van der Waals surface area contributed by atoms with E-state index < -0.39 is 5.69 Å². The number of aryl methyl sites for hydroxylation is 1. The summed E-state index contributed by atoms with van der Waals surface area (Å²) in [5.41, 5.74) is 1.80. The molecule has 5 rings (SSSR count). The van der Waals surface area contributed by atoms with Gasteiger partial charge in [0.15, 0.2) is 11.2 Å². The van der Waals surface area contributed by atoms with Crippen LogP contribution in [0.25, 0.3) is 11.2 Å². The average Bonchev–Trinajstić information content (AvgIpc) is 3.20. The Kier molecular flexibility index (Phi) is 5.69. The highest BCUT2D eigenvalue weighted by molar-refractivity contribution is 6.30. The summed E-state index contributed by atoms with van der Waals surface area (Å²) in [6.45, 7) is 6.23. The van der Waals surface area contributed by atoms with Crippen molar-refractivity contribution < 1.29 is 4.74 Å². The fourth-order valence-corrected chi connectivity index (χ4v) is 4.78. The highest BCUT2D eigenvalue weighted by Gasteiger charge is 2.30. The molecule has 4 aromatic rings. The number of ether oxygens (including phenoxy) is 1. The molecule has 2 aromatic carbocycles. The number of aromatic nitrogens is 4. The lowest BCUT2D eigenvalue weighted by molar-refractivity contribution is 0.340. The third-order valence-electron chi connectivity index (χ3n) is 6.13. The Morgan fingerprint density at radius 3 is 2.59 bits per heavy atom. The molecule has 176 valence electrons. The van der Waals surface area contributed by atoms with Gasteiger partial charge in [0.2, 0.25) is 5.95 Å². The number of benzene rings is 2. The topological polar surface area (TPSA) is 74.3 Å². The molecule has 3 heterocycles. The molecule has 1 aliphatic heterocycles. The van der Waals surface area contributed by atoms with Gasteiger partial charge in [0, 0.05) is 30.8 Å². The molecular weight excluding hydrogens is 454 g/mol. The Balaban J connectivity index is 1.66. The Morgan fingerprint density at radius 1 is 1.12 bits per heavy atom. The molecule has 0 unspecified atom stereocenters. The fraction of sp³-hybridized carbons (Fsp3) is 0.320. The van der Waals surface area contributed by atoms with Crippen LogP contribution >= 0.6 is 11.6 Å². The maximum Gasteiger partial charge on any atom is 0.332 e. The van der Waals surface area contributed by atoms with Crippen LogP contribution in [0.1, 0.15) is 19.4 Å². The van der Waals surface area contributed by atoms with Gasteiger partial charge in [-0.05, 0) is 54.8 Å². The minimum Gasteiger partial charge on any atom is -0.494 e. The van der Waals surface area contributed by atoms with Crippen LogP contribution in [0.2, 0.25) is 5.02 Å². The van der Waals surface area contributed by atoms with E-state index >= 15 is 0 Å². The Labute approximate surface area is 201 Å². The molecule has 1 aliphatic rings. The van der Waals surface area contributed by atoms with E-state index in [1.54, 1.807) is 19.2 Å². The van der Waals surface area contributed by atoms with Crippen molar-refractivity contribution in [2.24, 2.45) is 13.0 Å². The monoisotopic (exact) mass is 479 g/mol. The molecule has 0 saturated heterocycles. The minimum absolute atomic E-state index is 0.140. The van der Waals surface area contributed by atoms with Crippen molar-refractivity contribution in [3.8, 4) is 5.75 Å². The molecule has 34 heavy (non-hydrogen) atoms. The van der Waals surface area contributed by atoms with Crippen molar-refractivity contribution in [1.29, 1.82) is 0 Å². The maximum absolute atomic E-state index is 13.6. The highest BCUT2D eigenvalue weighted by Crippen LogP contribution is 2.33. The van der Waals surface area contributed by atoms with Gasteiger partial charge in [0.1, 0.15) is 5.75 Å². The SMILES string of the molecule is CCOc1ccc(N2C[C@H](C)Cn3c2nc2c3c(=O)n(Cc3cccc(Cl)c3)c(=O)n2C)cc1. The quantitative estimate of drug-likeness (QED) is 0.435. The molecule has 0 N–H and O–H groups in total. The largest absolute Gasteiger partial charge is 0.494 e. The lowest BCUT2D eigenvalue weighted by Crippen LogP contribution is -2.40. The molecule has 0 aliphatic carbocycles. The molecule has 0 saturated carbocycles. The Bertz CT molecular complexity index is 1490. The molecule has 0 bridgehead atoms. The first-order valence-electron chi connectivity index (χ1n) is 11.3. The number of anilines is 2. The second-order valence-electron chi connectivity index (χ2n) is 8.70.